The SMILES string of the molecule is CC(C)NCc1cc(F)cnc1Oc1cc(F)cc(F)c1. The maximum Gasteiger partial charge on any atom is 0.223 e. The van der Waals surface area contributed by atoms with Crippen LogP contribution in [0.2, 0.25) is 0 Å². The Morgan fingerprint density at radius 2 is 1.71 bits per heavy atom. The third-order valence-corrected chi connectivity index (χ3v) is 2.64. The fourth-order valence-electron chi connectivity index (χ4n) is 1.70. The van der Waals surface area contributed by atoms with Crippen LogP contribution in [0.3, 0.4) is 0 Å². The molecule has 112 valence electrons. The molecule has 1 aromatic carbocycles. The second-order valence-corrected chi connectivity index (χ2v) is 4.86. The van der Waals surface area contributed by atoms with Crippen molar-refractivity contribution in [3.63, 3.8) is 0 Å². The van der Waals surface area contributed by atoms with Gasteiger partial charge in [-0.15, -0.1) is 0 Å². The van der Waals surface area contributed by atoms with E-state index in [1.165, 1.54) is 6.07 Å². The zero-order valence-corrected chi connectivity index (χ0v) is 11.7. The average Bonchev–Trinajstić information content (AvgIpc) is 2.37. The Labute approximate surface area is 120 Å². The molecule has 1 aromatic heterocycles. The quantitative estimate of drug-likeness (QED) is 0.911. The zero-order valence-electron chi connectivity index (χ0n) is 11.7. The molecule has 0 bridgehead atoms. The van der Waals surface area contributed by atoms with Crippen LogP contribution in [0.4, 0.5) is 13.2 Å². The Morgan fingerprint density at radius 1 is 1.05 bits per heavy atom. The number of hydrogen-bond acceptors (Lipinski definition) is 3. The summed E-state index contributed by atoms with van der Waals surface area (Å²) in [5, 5.41) is 3.10. The third-order valence-electron chi connectivity index (χ3n) is 2.64. The number of halogens is 3. The van der Waals surface area contributed by atoms with Crippen molar-refractivity contribution in [3.8, 4) is 11.6 Å². The van der Waals surface area contributed by atoms with E-state index in [9.17, 15) is 13.2 Å². The highest BCUT2D eigenvalue weighted by Crippen LogP contribution is 2.25. The molecule has 0 saturated heterocycles. The number of hydrogen-bond donors (Lipinski definition) is 1. The lowest BCUT2D eigenvalue weighted by atomic mass is 10.2. The predicted octanol–water partition coefficient (Wildman–Crippen LogP) is 3.79. The monoisotopic (exact) mass is 296 g/mol. The lowest BCUT2D eigenvalue weighted by Crippen LogP contribution is -2.22. The fraction of sp³-hybridized carbons (Fsp3) is 0.267. The smallest absolute Gasteiger partial charge is 0.223 e. The van der Waals surface area contributed by atoms with E-state index in [1.807, 2.05) is 13.8 Å². The van der Waals surface area contributed by atoms with Gasteiger partial charge in [-0.3, -0.25) is 0 Å². The van der Waals surface area contributed by atoms with Crippen LogP contribution >= 0.6 is 0 Å². The maximum atomic E-state index is 13.3. The van der Waals surface area contributed by atoms with Crippen LogP contribution in [0.15, 0.2) is 30.5 Å². The summed E-state index contributed by atoms with van der Waals surface area (Å²) in [7, 11) is 0. The van der Waals surface area contributed by atoms with Gasteiger partial charge in [0.15, 0.2) is 0 Å². The van der Waals surface area contributed by atoms with E-state index in [0.29, 0.717) is 12.1 Å². The lowest BCUT2D eigenvalue weighted by Gasteiger charge is -2.12. The number of nitrogens with one attached hydrogen (secondary N) is 1. The summed E-state index contributed by atoms with van der Waals surface area (Å²) in [6.45, 7) is 4.21. The Bertz CT molecular complexity index is 612. The van der Waals surface area contributed by atoms with Gasteiger partial charge in [-0.2, -0.15) is 0 Å². The standard InChI is InChI=1S/C15H15F3N2O/c1-9(2)19-7-10-3-13(18)8-20-15(10)21-14-5-11(16)4-12(17)6-14/h3-6,8-9,19H,7H2,1-2H3. The third kappa shape index (κ3) is 4.46. The summed E-state index contributed by atoms with van der Waals surface area (Å²) < 4.78 is 44.9. The summed E-state index contributed by atoms with van der Waals surface area (Å²) in [5.74, 6) is -1.94. The minimum absolute atomic E-state index is 0.0302. The molecule has 1 N–H and O–H groups in total. The highest BCUT2D eigenvalue weighted by Gasteiger charge is 2.10. The summed E-state index contributed by atoms with van der Waals surface area (Å²) >= 11 is 0. The molecule has 0 unspecified atom stereocenters. The van der Waals surface area contributed by atoms with Crippen molar-refractivity contribution in [2.75, 3.05) is 0 Å². The summed E-state index contributed by atoms with van der Waals surface area (Å²) in [4.78, 5) is 3.83. The van der Waals surface area contributed by atoms with Gasteiger partial charge < -0.3 is 10.1 Å². The summed E-state index contributed by atoms with van der Waals surface area (Å²) in [5.41, 5.74) is 0.466. The van der Waals surface area contributed by atoms with Crippen molar-refractivity contribution in [1.29, 1.82) is 0 Å². The van der Waals surface area contributed by atoms with Gasteiger partial charge in [0.1, 0.15) is 23.2 Å². The van der Waals surface area contributed by atoms with Gasteiger partial charge >= 0.3 is 0 Å². The number of benzene rings is 1. The molecule has 6 heteroatoms. The highest BCUT2D eigenvalue weighted by atomic mass is 19.1. The predicted molar refractivity (Wildman–Crippen MR) is 72.6 cm³/mol. The van der Waals surface area contributed by atoms with Crippen LogP contribution < -0.4 is 10.1 Å². The number of ether oxygens (including phenoxy) is 1. The maximum absolute atomic E-state index is 13.3. The van der Waals surface area contributed by atoms with Crippen molar-refractivity contribution in [2.24, 2.45) is 0 Å². The van der Waals surface area contributed by atoms with Crippen LogP contribution in [0.25, 0.3) is 0 Å². The molecule has 0 aliphatic rings. The molecule has 0 atom stereocenters. The van der Waals surface area contributed by atoms with Crippen LogP contribution in [0, 0.1) is 17.5 Å². The molecular formula is C15H15F3N2O. The summed E-state index contributed by atoms with van der Waals surface area (Å²) in [6.07, 6.45) is 0.990. The van der Waals surface area contributed by atoms with Gasteiger partial charge in [-0.25, -0.2) is 18.2 Å². The first-order valence-electron chi connectivity index (χ1n) is 6.46. The minimum Gasteiger partial charge on any atom is -0.438 e. The first kappa shape index (κ1) is 15.3. The van der Waals surface area contributed by atoms with E-state index < -0.39 is 17.5 Å². The van der Waals surface area contributed by atoms with Crippen molar-refractivity contribution in [2.45, 2.75) is 26.4 Å². The Kier molecular flexibility index (Phi) is 4.80. The molecule has 0 aliphatic carbocycles. The molecule has 0 saturated carbocycles. The molecule has 0 amide bonds. The number of pyridine rings is 1. The lowest BCUT2D eigenvalue weighted by molar-refractivity contribution is 0.437. The topological polar surface area (TPSA) is 34.2 Å². The molecule has 0 radical (unpaired) electrons. The Balaban J connectivity index is 2.25. The van der Waals surface area contributed by atoms with Crippen LogP contribution in [0.5, 0.6) is 11.6 Å². The molecular weight excluding hydrogens is 281 g/mol. The average molecular weight is 296 g/mol. The van der Waals surface area contributed by atoms with Gasteiger partial charge in [-0.1, -0.05) is 13.8 Å². The van der Waals surface area contributed by atoms with E-state index in [2.05, 4.69) is 10.3 Å². The van der Waals surface area contributed by atoms with E-state index in [1.54, 1.807) is 0 Å². The van der Waals surface area contributed by atoms with Gasteiger partial charge in [0.25, 0.3) is 0 Å². The van der Waals surface area contributed by atoms with Crippen LogP contribution in [-0.4, -0.2) is 11.0 Å². The molecule has 1 heterocycles. The van der Waals surface area contributed by atoms with Gasteiger partial charge in [0.2, 0.25) is 5.88 Å². The molecule has 3 nitrogen and oxygen atoms in total. The largest absolute Gasteiger partial charge is 0.438 e. The number of nitrogens with zero attached hydrogens (tertiary/aromatic N) is 1. The van der Waals surface area contributed by atoms with E-state index >= 15 is 0 Å². The first-order chi connectivity index (χ1) is 9.94. The molecule has 0 fully saturated rings. The van der Waals surface area contributed by atoms with Crippen molar-refractivity contribution >= 4 is 0 Å². The molecule has 0 spiro atoms. The molecule has 2 aromatic rings. The fourth-order valence-corrected chi connectivity index (χ4v) is 1.70. The Morgan fingerprint density at radius 3 is 2.33 bits per heavy atom. The normalized spacial score (nSPS) is 11.0. The Hall–Kier alpha value is -2.08. The first-order valence-corrected chi connectivity index (χ1v) is 6.46. The molecule has 0 aliphatic heterocycles. The molecule has 2 rings (SSSR count). The molecule has 21 heavy (non-hydrogen) atoms. The second kappa shape index (κ2) is 6.58. The van der Waals surface area contributed by atoms with Crippen LogP contribution in [-0.2, 0) is 6.54 Å². The number of aromatic nitrogens is 1. The highest BCUT2D eigenvalue weighted by molar-refractivity contribution is 5.33. The zero-order chi connectivity index (χ0) is 15.4. The van der Waals surface area contributed by atoms with Gasteiger partial charge in [0.05, 0.1) is 6.20 Å². The van der Waals surface area contributed by atoms with Gasteiger partial charge in [0, 0.05) is 36.3 Å². The van der Waals surface area contributed by atoms with Gasteiger partial charge in [-0.05, 0) is 6.07 Å². The van der Waals surface area contributed by atoms with E-state index in [4.69, 9.17) is 4.74 Å². The van der Waals surface area contributed by atoms with Crippen molar-refractivity contribution in [3.05, 3.63) is 53.5 Å². The second-order valence-electron chi connectivity index (χ2n) is 4.86. The van der Waals surface area contributed by atoms with E-state index in [-0.39, 0.29) is 17.7 Å². The minimum atomic E-state index is -0.756. The van der Waals surface area contributed by atoms with Crippen molar-refractivity contribution < 1.29 is 17.9 Å². The van der Waals surface area contributed by atoms with Crippen LogP contribution in [0.1, 0.15) is 19.4 Å². The van der Waals surface area contributed by atoms with E-state index in [0.717, 1.165) is 24.4 Å². The summed E-state index contributed by atoms with van der Waals surface area (Å²) in [6, 6.07) is 4.27. The van der Waals surface area contributed by atoms with Crippen molar-refractivity contribution in [1.82, 2.24) is 10.3 Å². The number of rotatable bonds is 5.